The van der Waals surface area contributed by atoms with Crippen molar-refractivity contribution in [2.75, 3.05) is 13.2 Å². The van der Waals surface area contributed by atoms with E-state index < -0.39 is 5.54 Å². The molecule has 0 fully saturated rings. The normalized spacial score (nSPS) is 13.9. The van der Waals surface area contributed by atoms with E-state index in [0.717, 1.165) is 6.42 Å². The molecule has 0 saturated carbocycles. The molecular formula is C15H22FNO2. The summed E-state index contributed by atoms with van der Waals surface area (Å²) in [6.45, 7) is 6.54. The molecule has 3 nitrogen and oxygen atoms in total. The van der Waals surface area contributed by atoms with Crippen LogP contribution in [0, 0.1) is 5.82 Å². The van der Waals surface area contributed by atoms with Crippen LogP contribution < -0.4 is 5.32 Å². The minimum atomic E-state index is -0.895. The van der Waals surface area contributed by atoms with Crippen molar-refractivity contribution < 1.29 is 13.9 Å². The molecule has 0 heterocycles. The van der Waals surface area contributed by atoms with Gasteiger partial charge in [-0.15, -0.1) is 0 Å². The largest absolute Gasteiger partial charge is 0.465 e. The first-order chi connectivity index (χ1) is 9.03. The topological polar surface area (TPSA) is 38.3 Å². The molecule has 106 valence electrons. The van der Waals surface area contributed by atoms with Crippen LogP contribution in [0.2, 0.25) is 0 Å². The fourth-order valence-electron chi connectivity index (χ4n) is 1.92. The predicted octanol–water partition coefficient (Wildman–Crippen LogP) is 2.69. The number of rotatable bonds is 7. The minimum absolute atomic E-state index is 0.276. The molecule has 19 heavy (non-hydrogen) atoms. The van der Waals surface area contributed by atoms with Crippen molar-refractivity contribution in [3.05, 3.63) is 35.6 Å². The fraction of sp³-hybridized carbons (Fsp3) is 0.533. The van der Waals surface area contributed by atoms with Gasteiger partial charge in [-0.2, -0.15) is 0 Å². The van der Waals surface area contributed by atoms with Gasteiger partial charge in [0.15, 0.2) is 0 Å². The maximum absolute atomic E-state index is 13.7. The molecular weight excluding hydrogens is 245 g/mol. The van der Waals surface area contributed by atoms with E-state index >= 15 is 0 Å². The quantitative estimate of drug-likeness (QED) is 0.772. The van der Waals surface area contributed by atoms with Gasteiger partial charge in [-0.05, 0) is 38.4 Å². The van der Waals surface area contributed by atoms with E-state index in [1.807, 2.05) is 6.92 Å². The Morgan fingerprint density at radius 2 is 2.05 bits per heavy atom. The SMILES string of the molecule is CCCNC(C)(Cc1ccccc1F)C(=O)OCC. The Morgan fingerprint density at radius 3 is 2.63 bits per heavy atom. The van der Waals surface area contributed by atoms with Crippen molar-refractivity contribution in [3.8, 4) is 0 Å². The number of benzene rings is 1. The first kappa shape index (κ1) is 15.6. The molecule has 4 heteroatoms. The summed E-state index contributed by atoms with van der Waals surface area (Å²) in [5.41, 5.74) is -0.379. The second-order valence-electron chi connectivity index (χ2n) is 4.75. The highest BCUT2D eigenvalue weighted by Crippen LogP contribution is 2.18. The van der Waals surface area contributed by atoms with Gasteiger partial charge in [0.1, 0.15) is 11.4 Å². The zero-order valence-corrected chi connectivity index (χ0v) is 11.8. The molecule has 0 aromatic heterocycles. The average Bonchev–Trinajstić information content (AvgIpc) is 2.39. The van der Waals surface area contributed by atoms with Crippen LogP contribution in [0.25, 0.3) is 0 Å². The number of nitrogens with one attached hydrogen (secondary N) is 1. The standard InChI is InChI=1S/C15H22FNO2/c1-4-10-17-15(3,14(18)19-5-2)11-12-8-6-7-9-13(12)16/h6-9,17H,4-5,10-11H2,1-3H3. The summed E-state index contributed by atoms with van der Waals surface area (Å²) in [7, 11) is 0. The number of hydrogen-bond donors (Lipinski definition) is 1. The lowest BCUT2D eigenvalue weighted by atomic mass is 9.92. The molecule has 0 aliphatic carbocycles. The Kier molecular flexibility index (Phi) is 5.96. The molecule has 1 N–H and O–H groups in total. The number of hydrogen-bond acceptors (Lipinski definition) is 3. The average molecular weight is 267 g/mol. The highest BCUT2D eigenvalue weighted by atomic mass is 19.1. The van der Waals surface area contributed by atoms with Gasteiger partial charge in [0.2, 0.25) is 0 Å². The van der Waals surface area contributed by atoms with Gasteiger partial charge >= 0.3 is 5.97 Å². The minimum Gasteiger partial charge on any atom is -0.465 e. The monoisotopic (exact) mass is 267 g/mol. The van der Waals surface area contributed by atoms with Crippen LogP contribution in [-0.4, -0.2) is 24.7 Å². The van der Waals surface area contributed by atoms with E-state index in [9.17, 15) is 9.18 Å². The molecule has 0 saturated heterocycles. The predicted molar refractivity (Wildman–Crippen MR) is 73.4 cm³/mol. The molecule has 1 aromatic rings. The molecule has 0 spiro atoms. The molecule has 1 aromatic carbocycles. The lowest BCUT2D eigenvalue weighted by molar-refractivity contribution is -0.150. The second-order valence-corrected chi connectivity index (χ2v) is 4.75. The van der Waals surface area contributed by atoms with E-state index in [1.54, 1.807) is 32.0 Å². The van der Waals surface area contributed by atoms with E-state index in [1.165, 1.54) is 6.07 Å². The van der Waals surface area contributed by atoms with Crippen molar-refractivity contribution in [2.24, 2.45) is 0 Å². The Bertz CT molecular complexity index is 422. The van der Waals surface area contributed by atoms with Gasteiger partial charge in [0, 0.05) is 6.42 Å². The molecule has 0 aliphatic heterocycles. The number of carbonyl (C=O) groups excluding carboxylic acids is 1. The van der Waals surface area contributed by atoms with Crippen molar-refractivity contribution in [1.29, 1.82) is 0 Å². The van der Waals surface area contributed by atoms with Crippen molar-refractivity contribution in [2.45, 2.75) is 39.2 Å². The molecule has 1 unspecified atom stereocenters. The van der Waals surface area contributed by atoms with Gasteiger partial charge in [0.25, 0.3) is 0 Å². The van der Waals surface area contributed by atoms with Gasteiger partial charge < -0.3 is 10.1 Å². The summed E-state index contributed by atoms with van der Waals surface area (Å²) >= 11 is 0. The zero-order chi connectivity index (χ0) is 14.3. The highest BCUT2D eigenvalue weighted by Gasteiger charge is 2.34. The molecule has 0 aliphatic rings. The smallest absolute Gasteiger partial charge is 0.326 e. The van der Waals surface area contributed by atoms with Gasteiger partial charge in [0.05, 0.1) is 6.61 Å². The maximum Gasteiger partial charge on any atom is 0.326 e. The summed E-state index contributed by atoms with van der Waals surface area (Å²) in [6, 6.07) is 6.50. The van der Waals surface area contributed by atoms with Crippen LogP contribution >= 0.6 is 0 Å². The number of halogens is 1. The highest BCUT2D eigenvalue weighted by molar-refractivity contribution is 5.80. The first-order valence-electron chi connectivity index (χ1n) is 6.69. The van der Waals surface area contributed by atoms with Crippen LogP contribution in [-0.2, 0) is 16.0 Å². The zero-order valence-electron chi connectivity index (χ0n) is 11.8. The third-order valence-electron chi connectivity index (χ3n) is 2.99. The summed E-state index contributed by atoms with van der Waals surface area (Å²) in [5, 5.41) is 3.16. The second kappa shape index (κ2) is 7.24. The number of carbonyl (C=O) groups is 1. The lowest BCUT2D eigenvalue weighted by Gasteiger charge is -2.28. The van der Waals surface area contributed by atoms with Crippen LogP contribution in [0.5, 0.6) is 0 Å². The summed E-state index contributed by atoms with van der Waals surface area (Å²) in [6.07, 6.45) is 1.17. The third kappa shape index (κ3) is 4.31. The molecule has 0 radical (unpaired) electrons. The number of esters is 1. The van der Waals surface area contributed by atoms with Crippen molar-refractivity contribution >= 4 is 5.97 Å². The van der Waals surface area contributed by atoms with E-state index in [-0.39, 0.29) is 18.2 Å². The van der Waals surface area contributed by atoms with Gasteiger partial charge in [-0.25, -0.2) is 4.39 Å². The third-order valence-corrected chi connectivity index (χ3v) is 2.99. The Balaban J connectivity index is 2.91. The van der Waals surface area contributed by atoms with Crippen LogP contribution in [0.1, 0.15) is 32.8 Å². The Hall–Kier alpha value is -1.42. The lowest BCUT2D eigenvalue weighted by Crippen LogP contribution is -2.52. The van der Waals surface area contributed by atoms with Crippen LogP contribution in [0.15, 0.2) is 24.3 Å². The maximum atomic E-state index is 13.7. The molecule has 0 bridgehead atoms. The Morgan fingerprint density at radius 1 is 1.37 bits per heavy atom. The number of ether oxygens (including phenoxy) is 1. The van der Waals surface area contributed by atoms with Gasteiger partial charge in [-0.1, -0.05) is 25.1 Å². The van der Waals surface area contributed by atoms with Crippen LogP contribution in [0.4, 0.5) is 4.39 Å². The fourth-order valence-corrected chi connectivity index (χ4v) is 1.92. The first-order valence-corrected chi connectivity index (χ1v) is 6.69. The summed E-state index contributed by atoms with van der Waals surface area (Å²) in [4.78, 5) is 12.1. The van der Waals surface area contributed by atoms with E-state index in [2.05, 4.69) is 5.32 Å². The summed E-state index contributed by atoms with van der Waals surface area (Å²) in [5.74, 6) is -0.636. The van der Waals surface area contributed by atoms with Crippen molar-refractivity contribution in [3.63, 3.8) is 0 Å². The molecule has 1 rings (SSSR count). The summed E-state index contributed by atoms with van der Waals surface area (Å²) < 4.78 is 18.8. The molecule has 0 amide bonds. The van der Waals surface area contributed by atoms with E-state index in [0.29, 0.717) is 18.7 Å². The molecule has 1 atom stereocenters. The van der Waals surface area contributed by atoms with Crippen molar-refractivity contribution in [1.82, 2.24) is 5.32 Å². The Labute approximate surface area is 114 Å². The van der Waals surface area contributed by atoms with Gasteiger partial charge in [-0.3, -0.25) is 4.79 Å². The van der Waals surface area contributed by atoms with Crippen LogP contribution in [0.3, 0.4) is 0 Å². The van der Waals surface area contributed by atoms with E-state index in [4.69, 9.17) is 4.74 Å².